The first-order valence-electron chi connectivity index (χ1n) is 7.34. The first-order valence-corrected chi connectivity index (χ1v) is 7.34. The fourth-order valence-corrected chi connectivity index (χ4v) is 3.32. The SMILES string of the molecule is NC(=O)c1cc(-c2cnn(C(F)F)c2)c2c(n1)C1CCC(C2)O1. The van der Waals surface area contributed by atoms with Crippen LogP contribution in [0.1, 0.15) is 47.2 Å². The molecule has 2 aromatic heterocycles. The van der Waals surface area contributed by atoms with Gasteiger partial charge in [0.05, 0.1) is 18.0 Å². The molecular formula is C15H14F2N4O2. The molecule has 23 heavy (non-hydrogen) atoms. The van der Waals surface area contributed by atoms with Crippen LogP contribution in [0, 0.1) is 0 Å². The van der Waals surface area contributed by atoms with Gasteiger partial charge in [-0.05, 0) is 30.0 Å². The van der Waals surface area contributed by atoms with Gasteiger partial charge in [0.15, 0.2) is 0 Å². The highest BCUT2D eigenvalue weighted by Gasteiger charge is 2.37. The van der Waals surface area contributed by atoms with Crippen LogP contribution in [0.15, 0.2) is 18.5 Å². The Balaban J connectivity index is 1.89. The lowest BCUT2D eigenvalue weighted by Gasteiger charge is -2.25. The van der Waals surface area contributed by atoms with Crippen molar-refractivity contribution in [2.24, 2.45) is 5.73 Å². The van der Waals surface area contributed by atoms with E-state index in [1.54, 1.807) is 6.07 Å². The first kappa shape index (κ1) is 14.3. The van der Waals surface area contributed by atoms with Crippen molar-refractivity contribution in [3.8, 4) is 11.1 Å². The van der Waals surface area contributed by atoms with Gasteiger partial charge < -0.3 is 10.5 Å². The maximum Gasteiger partial charge on any atom is 0.333 e. The highest BCUT2D eigenvalue weighted by Crippen LogP contribution is 2.43. The van der Waals surface area contributed by atoms with Crippen LogP contribution in [-0.2, 0) is 11.2 Å². The smallest absolute Gasteiger partial charge is 0.333 e. The van der Waals surface area contributed by atoms with Crippen LogP contribution in [0.3, 0.4) is 0 Å². The number of alkyl halides is 2. The molecule has 2 unspecified atom stereocenters. The van der Waals surface area contributed by atoms with E-state index < -0.39 is 12.5 Å². The third kappa shape index (κ3) is 2.29. The molecule has 1 saturated heterocycles. The Bertz CT molecular complexity index is 790. The lowest BCUT2D eigenvalue weighted by atomic mass is 9.94. The van der Waals surface area contributed by atoms with Gasteiger partial charge in [0.1, 0.15) is 11.8 Å². The number of halogens is 2. The molecule has 2 N–H and O–H groups in total. The molecule has 2 aromatic rings. The molecule has 6 nitrogen and oxygen atoms in total. The zero-order valence-corrected chi connectivity index (χ0v) is 12.1. The van der Waals surface area contributed by atoms with E-state index >= 15 is 0 Å². The number of carbonyl (C=O) groups excluding carboxylic acids is 1. The van der Waals surface area contributed by atoms with Gasteiger partial charge in [-0.2, -0.15) is 13.9 Å². The summed E-state index contributed by atoms with van der Waals surface area (Å²) in [5, 5.41) is 3.67. The minimum Gasteiger partial charge on any atom is -0.368 e. The van der Waals surface area contributed by atoms with Crippen LogP contribution in [0.4, 0.5) is 8.78 Å². The van der Waals surface area contributed by atoms with Gasteiger partial charge in [-0.1, -0.05) is 0 Å². The van der Waals surface area contributed by atoms with Crippen molar-refractivity contribution < 1.29 is 18.3 Å². The van der Waals surface area contributed by atoms with E-state index in [4.69, 9.17) is 10.5 Å². The van der Waals surface area contributed by atoms with Gasteiger partial charge in [-0.25, -0.2) is 9.67 Å². The number of nitrogens with zero attached hydrogens (tertiary/aromatic N) is 3. The van der Waals surface area contributed by atoms with Crippen molar-refractivity contribution >= 4 is 5.91 Å². The Morgan fingerprint density at radius 3 is 2.96 bits per heavy atom. The average Bonchev–Trinajstić information content (AvgIpc) is 3.14. The van der Waals surface area contributed by atoms with Gasteiger partial charge in [0, 0.05) is 18.2 Å². The predicted octanol–water partition coefficient (Wildman–Crippen LogP) is 2.22. The molecule has 2 aliphatic rings. The van der Waals surface area contributed by atoms with Gasteiger partial charge in [0.2, 0.25) is 0 Å². The molecule has 1 fully saturated rings. The number of ether oxygens (including phenoxy) is 1. The quantitative estimate of drug-likeness (QED) is 0.940. The summed E-state index contributed by atoms with van der Waals surface area (Å²) in [5.74, 6) is -0.657. The second kappa shape index (κ2) is 5.09. The number of nitrogens with two attached hydrogens (primary N) is 1. The summed E-state index contributed by atoms with van der Waals surface area (Å²) in [7, 11) is 0. The number of aromatic nitrogens is 3. The molecule has 0 radical (unpaired) electrons. The van der Waals surface area contributed by atoms with Crippen LogP contribution in [0.25, 0.3) is 11.1 Å². The van der Waals surface area contributed by atoms with Crippen LogP contribution in [-0.4, -0.2) is 26.8 Å². The standard InChI is InChI=1S/C15H14F2N4O2/c16-15(17)21-6-7(5-19-21)9-4-11(14(18)22)20-13-10(9)3-8-1-2-12(13)23-8/h4-6,8,12,15H,1-3H2,(H2,18,22). The third-order valence-corrected chi connectivity index (χ3v) is 4.37. The topological polar surface area (TPSA) is 83.0 Å². The second-order valence-corrected chi connectivity index (χ2v) is 5.80. The summed E-state index contributed by atoms with van der Waals surface area (Å²) >= 11 is 0. The molecule has 0 aliphatic carbocycles. The van der Waals surface area contributed by atoms with Gasteiger partial charge in [0.25, 0.3) is 5.91 Å². The summed E-state index contributed by atoms with van der Waals surface area (Å²) in [5.41, 5.74) is 8.29. The van der Waals surface area contributed by atoms with Crippen LogP contribution >= 0.6 is 0 Å². The van der Waals surface area contributed by atoms with Crippen molar-refractivity contribution in [2.45, 2.75) is 38.0 Å². The van der Waals surface area contributed by atoms with Gasteiger partial charge in [-0.15, -0.1) is 0 Å². The summed E-state index contributed by atoms with van der Waals surface area (Å²) in [6, 6.07) is 1.55. The maximum absolute atomic E-state index is 12.8. The summed E-state index contributed by atoms with van der Waals surface area (Å²) in [6.45, 7) is -2.71. The summed E-state index contributed by atoms with van der Waals surface area (Å²) in [6.07, 6.45) is 4.98. The molecule has 0 saturated carbocycles. The van der Waals surface area contributed by atoms with Crippen molar-refractivity contribution in [1.82, 2.24) is 14.8 Å². The second-order valence-electron chi connectivity index (χ2n) is 5.80. The van der Waals surface area contributed by atoms with Gasteiger partial charge in [-0.3, -0.25) is 4.79 Å². The van der Waals surface area contributed by atoms with Gasteiger partial charge >= 0.3 is 6.55 Å². The minimum absolute atomic E-state index is 0.109. The molecular weight excluding hydrogens is 306 g/mol. The number of carbonyl (C=O) groups is 1. The first-order chi connectivity index (χ1) is 11.0. The number of hydrogen-bond donors (Lipinski definition) is 1. The lowest BCUT2D eigenvalue weighted by Crippen LogP contribution is -2.23. The van der Waals surface area contributed by atoms with Crippen LogP contribution in [0.5, 0.6) is 0 Å². The molecule has 2 aliphatic heterocycles. The zero-order chi connectivity index (χ0) is 16.1. The van der Waals surface area contributed by atoms with E-state index in [9.17, 15) is 13.6 Å². The summed E-state index contributed by atoms with van der Waals surface area (Å²) < 4.78 is 32.0. The number of hydrogen-bond acceptors (Lipinski definition) is 4. The number of rotatable bonds is 3. The third-order valence-electron chi connectivity index (χ3n) is 4.37. The highest BCUT2D eigenvalue weighted by molar-refractivity contribution is 5.92. The van der Waals surface area contributed by atoms with Crippen molar-refractivity contribution in [3.63, 3.8) is 0 Å². The monoisotopic (exact) mass is 320 g/mol. The fourth-order valence-electron chi connectivity index (χ4n) is 3.32. The Hall–Kier alpha value is -2.35. The predicted molar refractivity (Wildman–Crippen MR) is 75.8 cm³/mol. The number of amides is 1. The highest BCUT2D eigenvalue weighted by atomic mass is 19.3. The molecule has 0 spiro atoms. The van der Waals surface area contributed by atoms with E-state index in [1.807, 2.05) is 0 Å². The van der Waals surface area contributed by atoms with E-state index in [1.165, 1.54) is 12.4 Å². The van der Waals surface area contributed by atoms with Crippen molar-refractivity contribution in [2.75, 3.05) is 0 Å². The molecule has 4 rings (SSSR count). The number of fused-ring (bicyclic) bond motifs is 4. The molecule has 2 bridgehead atoms. The summed E-state index contributed by atoms with van der Waals surface area (Å²) in [4.78, 5) is 15.9. The molecule has 8 heteroatoms. The molecule has 0 aromatic carbocycles. The molecule has 2 atom stereocenters. The van der Waals surface area contributed by atoms with E-state index in [0.717, 1.165) is 18.4 Å². The molecule has 1 amide bonds. The Labute approximate surface area is 130 Å². The Morgan fingerprint density at radius 2 is 2.26 bits per heavy atom. The average molecular weight is 320 g/mol. The molecule has 4 heterocycles. The van der Waals surface area contributed by atoms with Crippen LogP contribution < -0.4 is 5.73 Å². The largest absolute Gasteiger partial charge is 0.368 e. The maximum atomic E-state index is 12.8. The van der Waals surface area contributed by atoms with Crippen LogP contribution in [0.2, 0.25) is 0 Å². The minimum atomic E-state index is -2.71. The van der Waals surface area contributed by atoms with E-state index in [2.05, 4.69) is 10.1 Å². The van der Waals surface area contributed by atoms with E-state index in [0.29, 0.717) is 27.9 Å². The normalized spacial score (nSPS) is 22.4. The lowest BCUT2D eigenvalue weighted by molar-refractivity contribution is 0.0295. The van der Waals surface area contributed by atoms with E-state index in [-0.39, 0.29) is 17.9 Å². The Kier molecular flexibility index (Phi) is 3.15. The van der Waals surface area contributed by atoms with Crippen molar-refractivity contribution in [1.29, 1.82) is 0 Å². The fraction of sp³-hybridized carbons (Fsp3) is 0.400. The number of pyridine rings is 1. The number of primary amides is 1. The zero-order valence-electron chi connectivity index (χ0n) is 12.1. The Morgan fingerprint density at radius 1 is 1.43 bits per heavy atom. The van der Waals surface area contributed by atoms with Crippen molar-refractivity contribution in [3.05, 3.63) is 35.4 Å². The molecule has 120 valence electrons.